The van der Waals surface area contributed by atoms with E-state index in [-0.39, 0.29) is 0 Å². The molecule has 0 amide bonds. The standard InChI is InChI=1S/C15H16/c1-4-12-5-6-15-10-13(11(2)3)7-8-14(15)9-12/h4-11H,1H2,2-3H3. The maximum atomic E-state index is 3.78. The lowest BCUT2D eigenvalue weighted by molar-refractivity contribution is 0.869. The molecule has 0 radical (unpaired) electrons. The van der Waals surface area contributed by atoms with Gasteiger partial charge in [-0.25, -0.2) is 0 Å². The van der Waals surface area contributed by atoms with E-state index in [0.717, 1.165) is 0 Å². The molecular formula is C15H16. The minimum Gasteiger partial charge on any atom is -0.0985 e. The Kier molecular flexibility index (Phi) is 2.59. The molecule has 0 N–H and O–H groups in total. The van der Waals surface area contributed by atoms with Gasteiger partial charge >= 0.3 is 0 Å². The third kappa shape index (κ3) is 1.94. The Morgan fingerprint density at radius 1 is 1.00 bits per heavy atom. The summed E-state index contributed by atoms with van der Waals surface area (Å²) in [5.41, 5.74) is 2.58. The average molecular weight is 196 g/mol. The summed E-state index contributed by atoms with van der Waals surface area (Å²) >= 11 is 0. The summed E-state index contributed by atoms with van der Waals surface area (Å²) in [6.45, 7) is 8.23. The van der Waals surface area contributed by atoms with Crippen molar-refractivity contribution in [3.05, 3.63) is 54.1 Å². The summed E-state index contributed by atoms with van der Waals surface area (Å²) in [4.78, 5) is 0. The summed E-state index contributed by atoms with van der Waals surface area (Å²) in [5, 5.41) is 2.60. The third-order valence-electron chi connectivity index (χ3n) is 2.79. The van der Waals surface area contributed by atoms with E-state index >= 15 is 0 Å². The maximum absolute atomic E-state index is 3.78. The van der Waals surface area contributed by atoms with Crippen LogP contribution in [0.25, 0.3) is 16.8 Å². The molecule has 0 heterocycles. The fraction of sp³-hybridized carbons (Fsp3) is 0.200. The maximum Gasteiger partial charge on any atom is -0.0178 e. The summed E-state index contributed by atoms with van der Waals surface area (Å²) in [7, 11) is 0. The zero-order valence-electron chi connectivity index (χ0n) is 9.33. The molecule has 0 nitrogen and oxygen atoms in total. The van der Waals surface area contributed by atoms with Gasteiger partial charge in [0, 0.05) is 0 Å². The molecule has 0 heteroatoms. The van der Waals surface area contributed by atoms with Crippen molar-refractivity contribution in [3.8, 4) is 0 Å². The normalized spacial score (nSPS) is 10.9. The van der Waals surface area contributed by atoms with Crippen molar-refractivity contribution in [1.29, 1.82) is 0 Å². The molecule has 2 aromatic rings. The van der Waals surface area contributed by atoms with Gasteiger partial charge in [0.1, 0.15) is 0 Å². The number of rotatable bonds is 2. The lowest BCUT2D eigenvalue weighted by Gasteiger charge is -2.07. The van der Waals surface area contributed by atoms with E-state index in [1.165, 1.54) is 21.9 Å². The van der Waals surface area contributed by atoms with Gasteiger partial charge in [0.05, 0.1) is 0 Å². The molecule has 2 aromatic carbocycles. The van der Waals surface area contributed by atoms with Gasteiger partial charge in [-0.2, -0.15) is 0 Å². The zero-order valence-corrected chi connectivity index (χ0v) is 9.33. The largest absolute Gasteiger partial charge is 0.0985 e. The Balaban J connectivity index is 2.59. The van der Waals surface area contributed by atoms with Crippen molar-refractivity contribution in [2.45, 2.75) is 19.8 Å². The van der Waals surface area contributed by atoms with Crippen LogP contribution in [-0.4, -0.2) is 0 Å². The highest BCUT2D eigenvalue weighted by Crippen LogP contribution is 2.22. The molecule has 0 atom stereocenters. The number of fused-ring (bicyclic) bond motifs is 1. The van der Waals surface area contributed by atoms with Crippen molar-refractivity contribution < 1.29 is 0 Å². The van der Waals surface area contributed by atoms with E-state index in [1.807, 2.05) is 6.08 Å². The summed E-state index contributed by atoms with van der Waals surface area (Å²) in [6.07, 6.45) is 1.88. The quantitative estimate of drug-likeness (QED) is 0.658. The lowest BCUT2D eigenvalue weighted by atomic mass is 9.98. The predicted octanol–water partition coefficient (Wildman–Crippen LogP) is 4.61. The second kappa shape index (κ2) is 3.90. The third-order valence-corrected chi connectivity index (χ3v) is 2.79. The van der Waals surface area contributed by atoms with Crippen LogP contribution in [0.5, 0.6) is 0 Å². The van der Waals surface area contributed by atoms with Crippen LogP contribution in [0, 0.1) is 0 Å². The van der Waals surface area contributed by atoms with Gasteiger partial charge in [-0.05, 0) is 33.9 Å². The molecule has 2 rings (SSSR count). The summed E-state index contributed by atoms with van der Waals surface area (Å²) in [6, 6.07) is 13.1. The fourth-order valence-corrected chi connectivity index (χ4v) is 1.77. The van der Waals surface area contributed by atoms with Gasteiger partial charge in [0.25, 0.3) is 0 Å². The van der Waals surface area contributed by atoms with Crippen molar-refractivity contribution >= 4 is 16.8 Å². The highest BCUT2D eigenvalue weighted by atomic mass is 14.1. The van der Waals surface area contributed by atoms with Crippen molar-refractivity contribution in [1.82, 2.24) is 0 Å². The first-order chi connectivity index (χ1) is 7.20. The highest BCUT2D eigenvalue weighted by molar-refractivity contribution is 5.85. The Morgan fingerprint density at radius 2 is 1.67 bits per heavy atom. The molecule has 0 aliphatic rings. The fourth-order valence-electron chi connectivity index (χ4n) is 1.77. The van der Waals surface area contributed by atoms with E-state index < -0.39 is 0 Å². The van der Waals surface area contributed by atoms with Crippen LogP contribution in [0.3, 0.4) is 0 Å². The van der Waals surface area contributed by atoms with Gasteiger partial charge in [-0.1, -0.05) is 56.8 Å². The molecule has 0 fully saturated rings. The molecule has 0 aliphatic carbocycles. The first-order valence-electron chi connectivity index (χ1n) is 5.37. The molecule has 76 valence electrons. The molecule has 0 aromatic heterocycles. The summed E-state index contributed by atoms with van der Waals surface area (Å²) in [5.74, 6) is 0.591. The van der Waals surface area contributed by atoms with Gasteiger partial charge < -0.3 is 0 Å². The molecule has 0 spiro atoms. The van der Waals surface area contributed by atoms with Crippen LogP contribution in [0.15, 0.2) is 43.0 Å². The van der Waals surface area contributed by atoms with Crippen LogP contribution < -0.4 is 0 Å². The minimum atomic E-state index is 0.591. The number of benzene rings is 2. The van der Waals surface area contributed by atoms with Crippen LogP contribution in [0.2, 0.25) is 0 Å². The monoisotopic (exact) mass is 196 g/mol. The first kappa shape index (κ1) is 9.97. The first-order valence-corrected chi connectivity index (χ1v) is 5.37. The Bertz CT molecular complexity index is 492. The van der Waals surface area contributed by atoms with E-state index in [2.05, 4.69) is 56.8 Å². The molecule has 0 unspecified atom stereocenters. The van der Waals surface area contributed by atoms with Gasteiger partial charge in [-0.15, -0.1) is 0 Å². The van der Waals surface area contributed by atoms with Crippen LogP contribution in [-0.2, 0) is 0 Å². The number of hydrogen-bond acceptors (Lipinski definition) is 0. The van der Waals surface area contributed by atoms with Crippen molar-refractivity contribution in [3.63, 3.8) is 0 Å². The Labute approximate surface area is 91.2 Å². The SMILES string of the molecule is C=Cc1ccc2cc(C(C)C)ccc2c1. The Hall–Kier alpha value is -1.56. The Morgan fingerprint density at radius 3 is 2.33 bits per heavy atom. The van der Waals surface area contributed by atoms with Crippen LogP contribution >= 0.6 is 0 Å². The van der Waals surface area contributed by atoms with Gasteiger partial charge in [-0.3, -0.25) is 0 Å². The van der Waals surface area contributed by atoms with Crippen molar-refractivity contribution in [2.75, 3.05) is 0 Å². The summed E-state index contributed by atoms with van der Waals surface area (Å²) < 4.78 is 0. The average Bonchev–Trinajstić information content (AvgIpc) is 2.27. The van der Waals surface area contributed by atoms with E-state index in [4.69, 9.17) is 0 Å². The van der Waals surface area contributed by atoms with E-state index in [0.29, 0.717) is 5.92 Å². The molecule has 0 bridgehead atoms. The highest BCUT2D eigenvalue weighted by Gasteiger charge is 2.00. The van der Waals surface area contributed by atoms with Gasteiger partial charge in [0.2, 0.25) is 0 Å². The molecular weight excluding hydrogens is 180 g/mol. The minimum absolute atomic E-state index is 0.591. The topological polar surface area (TPSA) is 0 Å². The smallest absolute Gasteiger partial charge is 0.0178 e. The van der Waals surface area contributed by atoms with E-state index in [9.17, 15) is 0 Å². The van der Waals surface area contributed by atoms with Crippen LogP contribution in [0.4, 0.5) is 0 Å². The molecule has 0 saturated carbocycles. The second-order valence-corrected chi connectivity index (χ2v) is 4.22. The predicted molar refractivity (Wildman–Crippen MR) is 68.1 cm³/mol. The van der Waals surface area contributed by atoms with E-state index in [1.54, 1.807) is 0 Å². The molecule has 0 aliphatic heterocycles. The lowest BCUT2D eigenvalue weighted by Crippen LogP contribution is -1.86. The second-order valence-electron chi connectivity index (χ2n) is 4.22. The van der Waals surface area contributed by atoms with Crippen molar-refractivity contribution in [2.24, 2.45) is 0 Å². The van der Waals surface area contributed by atoms with Gasteiger partial charge in [0.15, 0.2) is 0 Å². The number of hydrogen-bond donors (Lipinski definition) is 0. The van der Waals surface area contributed by atoms with Crippen LogP contribution in [0.1, 0.15) is 30.9 Å². The molecule has 15 heavy (non-hydrogen) atoms. The molecule has 0 saturated heterocycles. The zero-order chi connectivity index (χ0) is 10.8.